The molecule has 4 aromatic rings. The third-order valence-corrected chi connectivity index (χ3v) is 5.65. The van der Waals surface area contributed by atoms with Crippen LogP contribution in [0.5, 0.6) is 0 Å². The summed E-state index contributed by atoms with van der Waals surface area (Å²) in [5, 5.41) is 23.7. The van der Waals surface area contributed by atoms with E-state index in [1.54, 1.807) is 29.8 Å². The maximum absolute atomic E-state index is 13.9. The molecule has 31 heavy (non-hydrogen) atoms. The minimum atomic E-state index is -0.519. The Kier molecular flexibility index (Phi) is 5.78. The fourth-order valence-corrected chi connectivity index (χ4v) is 3.86. The van der Waals surface area contributed by atoms with Crippen molar-refractivity contribution >= 4 is 40.4 Å². The van der Waals surface area contributed by atoms with Crippen LogP contribution in [-0.4, -0.2) is 30.4 Å². The first-order valence-corrected chi connectivity index (χ1v) is 10.2. The molecule has 1 amide bonds. The Labute approximate surface area is 183 Å². The summed E-state index contributed by atoms with van der Waals surface area (Å²) in [6.07, 6.45) is 4.11. The standard InChI is InChI=1S/C19H14ClFN6O3S/c20-15-2-1-3-16(21)14(15)10-25-5-4-18(24-25)23-19(28)17-6-12(11-31-17)8-26-9-13(7-22-26)27(29)30/h1-7,9,11H,8,10H2,(H,23,24,28). The van der Waals surface area contributed by atoms with E-state index < -0.39 is 10.7 Å². The molecular weight excluding hydrogens is 447 g/mol. The molecule has 0 bridgehead atoms. The van der Waals surface area contributed by atoms with Crippen LogP contribution in [0.1, 0.15) is 20.8 Å². The van der Waals surface area contributed by atoms with Crippen molar-refractivity contribution in [3.05, 3.63) is 91.3 Å². The number of nitrogens with zero attached hydrogens (tertiary/aromatic N) is 5. The van der Waals surface area contributed by atoms with E-state index in [0.717, 1.165) is 5.56 Å². The number of carbonyl (C=O) groups excluding carboxylic acids is 1. The number of hydrogen-bond donors (Lipinski definition) is 1. The monoisotopic (exact) mass is 460 g/mol. The zero-order valence-electron chi connectivity index (χ0n) is 15.7. The van der Waals surface area contributed by atoms with Crippen molar-refractivity contribution in [1.82, 2.24) is 19.6 Å². The number of hydrogen-bond acceptors (Lipinski definition) is 6. The zero-order chi connectivity index (χ0) is 22.0. The molecule has 0 unspecified atom stereocenters. The van der Waals surface area contributed by atoms with Gasteiger partial charge in [-0.25, -0.2) is 4.39 Å². The predicted molar refractivity (Wildman–Crippen MR) is 113 cm³/mol. The van der Waals surface area contributed by atoms with Gasteiger partial charge in [0.25, 0.3) is 5.91 Å². The molecule has 9 nitrogen and oxygen atoms in total. The lowest BCUT2D eigenvalue weighted by Crippen LogP contribution is -2.11. The van der Waals surface area contributed by atoms with E-state index in [4.69, 9.17) is 11.6 Å². The van der Waals surface area contributed by atoms with E-state index in [2.05, 4.69) is 15.5 Å². The third-order valence-electron chi connectivity index (χ3n) is 4.32. The van der Waals surface area contributed by atoms with Gasteiger partial charge in [0, 0.05) is 22.8 Å². The van der Waals surface area contributed by atoms with Crippen molar-refractivity contribution in [3.63, 3.8) is 0 Å². The van der Waals surface area contributed by atoms with Crippen molar-refractivity contribution in [2.24, 2.45) is 0 Å². The molecule has 0 radical (unpaired) electrons. The number of anilines is 1. The zero-order valence-corrected chi connectivity index (χ0v) is 17.3. The number of aromatic nitrogens is 4. The van der Waals surface area contributed by atoms with Crippen LogP contribution in [0.25, 0.3) is 0 Å². The molecule has 0 spiro atoms. The molecule has 0 aliphatic carbocycles. The van der Waals surface area contributed by atoms with Gasteiger partial charge in [-0.05, 0) is 29.1 Å². The lowest BCUT2D eigenvalue weighted by Gasteiger charge is -2.06. The summed E-state index contributed by atoms with van der Waals surface area (Å²) in [5.41, 5.74) is 1.00. The normalized spacial score (nSPS) is 10.9. The number of nitrogens with one attached hydrogen (secondary N) is 1. The molecule has 158 valence electrons. The Hall–Kier alpha value is -3.57. The molecule has 0 fully saturated rings. The number of halogens is 2. The highest BCUT2D eigenvalue weighted by Gasteiger charge is 2.14. The van der Waals surface area contributed by atoms with Crippen LogP contribution in [0.15, 0.2) is 54.3 Å². The average Bonchev–Trinajstić information content (AvgIpc) is 3.47. The molecule has 3 aromatic heterocycles. The van der Waals surface area contributed by atoms with Crippen molar-refractivity contribution in [3.8, 4) is 0 Å². The summed E-state index contributed by atoms with van der Waals surface area (Å²) >= 11 is 7.27. The third kappa shape index (κ3) is 4.78. The minimum Gasteiger partial charge on any atom is -0.304 e. The maximum Gasteiger partial charge on any atom is 0.307 e. The first kappa shape index (κ1) is 20.7. The van der Waals surface area contributed by atoms with Gasteiger partial charge in [0.1, 0.15) is 18.2 Å². The molecule has 12 heteroatoms. The number of benzene rings is 1. The maximum atomic E-state index is 13.9. The number of amides is 1. The Morgan fingerprint density at radius 3 is 2.87 bits per heavy atom. The van der Waals surface area contributed by atoms with E-state index in [0.29, 0.717) is 27.8 Å². The molecule has 0 aliphatic heterocycles. The largest absolute Gasteiger partial charge is 0.307 e. The lowest BCUT2D eigenvalue weighted by atomic mass is 10.2. The number of nitro groups is 1. The summed E-state index contributed by atoms with van der Waals surface area (Å²) in [6, 6.07) is 7.73. The van der Waals surface area contributed by atoms with Crippen LogP contribution in [-0.2, 0) is 13.1 Å². The highest BCUT2D eigenvalue weighted by atomic mass is 35.5. The second-order valence-corrected chi connectivity index (χ2v) is 7.84. The minimum absolute atomic E-state index is 0.0968. The van der Waals surface area contributed by atoms with Gasteiger partial charge in [-0.15, -0.1) is 11.3 Å². The van der Waals surface area contributed by atoms with Crippen LogP contribution in [0.2, 0.25) is 5.02 Å². The van der Waals surface area contributed by atoms with E-state index in [1.807, 2.05) is 0 Å². The Bertz CT molecular complexity index is 1250. The van der Waals surface area contributed by atoms with Crippen LogP contribution in [0, 0.1) is 15.9 Å². The van der Waals surface area contributed by atoms with Gasteiger partial charge in [0.15, 0.2) is 5.82 Å². The summed E-state index contributed by atoms with van der Waals surface area (Å²) in [6.45, 7) is 0.427. The van der Waals surface area contributed by atoms with E-state index in [9.17, 15) is 19.3 Å². The second kappa shape index (κ2) is 8.66. The second-order valence-electron chi connectivity index (χ2n) is 6.53. The number of rotatable bonds is 7. The quantitative estimate of drug-likeness (QED) is 0.328. The van der Waals surface area contributed by atoms with Crippen LogP contribution < -0.4 is 5.32 Å². The Morgan fingerprint density at radius 2 is 2.13 bits per heavy atom. The van der Waals surface area contributed by atoms with Gasteiger partial charge in [-0.1, -0.05) is 17.7 Å². The van der Waals surface area contributed by atoms with Crippen molar-refractivity contribution < 1.29 is 14.1 Å². The molecule has 0 saturated carbocycles. The van der Waals surface area contributed by atoms with Crippen molar-refractivity contribution in [2.45, 2.75) is 13.1 Å². The molecule has 4 rings (SSSR count). The highest BCUT2D eigenvalue weighted by molar-refractivity contribution is 7.12. The smallest absolute Gasteiger partial charge is 0.304 e. The summed E-state index contributed by atoms with van der Waals surface area (Å²) in [4.78, 5) is 23.2. The lowest BCUT2D eigenvalue weighted by molar-refractivity contribution is -0.385. The van der Waals surface area contributed by atoms with Crippen LogP contribution in [0.4, 0.5) is 15.9 Å². The first-order valence-electron chi connectivity index (χ1n) is 8.91. The number of carbonyl (C=O) groups is 1. The number of thiophene rings is 1. The van der Waals surface area contributed by atoms with Gasteiger partial charge >= 0.3 is 5.69 Å². The van der Waals surface area contributed by atoms with Gasteiger partial charge in [-0.3, -0.25) is 24.3 Å². The average molecular weight is 461 g/mol. The van der Waals surface area contributed by atoms with Gasteiger partial charge in [0.05, 0.1) is 22.9 Å². The van der Waals surface area contributed by atoms with Gasteiger partial charge in [0.2, 0.25) is 0 Å². The first-order chi connectivity index (χ1) is 14.9. The van der Waals surface area contributed by atoms with Crippen molar-refractivity contribution in [2.75, 3.05) is 5.32 Å². The fourth-order valence-electron chi connectivity index (χ4n) is 2.84. The molecule has 0 aliphatic rings. The highest BCUT2D eigenvalue weighted by Crippen LogP contribution is 2.21. The summed E-state index contributed by atoms with van der Waals surface area (Å²) in [7, 11) is 0. The van der Waals surface area contributed by atoms with Gasteiger partial charge in [-0.2, -0.15) is 10.2 Å². The molecule has 0 saturated heterocycles. The predicted octanol–water partition coefficient (Wildman–Crippen LogP) is 4.19. The molecule has 1 N–H and O–H groups in total. The van der Waals surface area contributed by atoms with Crippen LogP contribution >= 0.6 is 22.9 Å². The topological polar surface area (TPSA) is 108 Å². The van der Waals surface area contributed by atoms with E-state index in [1.165, 1.54) is 45.2 Å². The summed E-state index contributed by atoms with van der Waals surface area (Å²) < 4.78 is 16.8. The Balaban J connectivity index is 1.39. The molecular formula is C19H14ClFN6O3S. The molecule has 3 heterocycles. The SMILES string of the molecule is O=C(Nc1ccn(Cc2c(F)cccc2Cl)n1)c1cc(Cn2cc([N+](=O)[O-])cn2)cs1. The molecule has 1 aromatic carbocycles. The Morgan fingerprint density at radius 1 is 1.29 bits per heavy atom. The van der Waals surface area contributed by atoms with Gasteiger partial charge < -0.3 is 5.32 Å². The fraction of sp³-hybridized carbons (Fsp3) is 0.105. The van der Waals surface area contributed by atoms with Crippen molar-refractivity contribution in [1.29, 1.82) is 0 Å². The van der Waals surface area contributed by atoms with E-state index in [-0.39, 0.29) is 18.1 Å². The van der Waals surface area contributed by atoms with Crippen LogP contribution in [0.3, 0.4) is 0 Å². The summed E-state index contributed by atoms with van der Waals surface area (Å²) in [5.74, 6) is -0.464. The van der Waals surface area contributed by atoms with E-state index >= 15 is 0 Å². The molecule has 0 atom stereocenters.